The zero-order valence-electron chi connectivity index (χ0n) is 13.0. The maximum atomic E-state index is 12.4. The lowest BCUT2D eigenvalue weighted by atomic mass is 9.88. The van der Waals surface area contributed by atoms with Crippen LogP contribution in [-0.2, 0) is 9.59 Å². The fraction of sp³-hybridized carbons (Fsp3) is 0.875. The van der Waals surface area contributed by atoms with Gasteiger partial charge in [0.1, 0.15) is 6.04 Å². The number of hydrogen-bond acceptors (Lipinski definition) is 3. The van der Waals surface area contributed by atoms with Gasteiger partial charge in [-0.1, -0.05) is 13.3 Å². The quantitative estimate of drug-likeness (QED) is 0.812. The normalized spacial score (nSPS) is 30.1. The topological polar surface area (TPSA) is 69.6 Å². The maximum absolute atomic E-state index is 12.4. The number of hydrogen-bond donors (Lipinski definition) is 2. The second-order valence-electron chi connectivity index (χ2n) is 6.49. The van der Waals surface area contributed by atoms with Crippen molar-refractivity contribution >= 4 is 11.9 Å². The average molecular weight is 296 g/mol. The monoisotopic (exact) mass is 296 g/mol. The van der Waals surface area contributed by atoms with Crippen LogP contribution in [0.4, 0.5) is 0 Å². The molecule has 2 aliphatic heterocycles. The minimum atomic E-state index is -0.846. The summed E-state index contributed by atoms with van der Waals surface area (Å²) in [6.07, 6.45) is 6.29. The second kappa shape index (κ2) is 7.78. The second-order valence-corrected chi connectivity index (χ2v) is 6.49. The molecule has 2 heterocycles. The lowest BCUT2D eigenvalue weighted by Crippen LogP contribution is -2.50. The molecule has 1 amide bonds. The van der Waals surface area contributed by atoms with Crippen molar-refractivity contribution in [3.05, 3.63) is 0 Å². The van der Waals surface area contributed by atoms with Gasteiger partial charge in [0.2, 0.25) is 5.91 Å². The first-order chi connectivity index (χ1) is 10.1. The zero-order valence-corrected chi connectivity index (χ0v) is 13.0. The van der Waals surface area contributed by atoms with E-state index in [9.17, 15) is 14.7 Å². The number of nitrogens with one attached hydrogen (secondary N) is 1. The van der Waals surface area contributed by atoms with Crippen LogP contribution < -0.4 is 5.32 Å². The van der Waals surface area contributed by atoms with E-state index in [0.29, 0.717) is 31.2 Å². The number of rotatable bonds is 5. The largest absolute Gasteiger partial charge is 0.480 e. The smallest absolute Gasteiger partial charge is 0.326 e. The van der Waals surface area contributed by atoms with Crippen LogP contribution in [0.15, 0.2) is 0 Å². The molecule has 21 heavy (non-hydrogen) atoms. The molecule has 3 unspecified atom stereocenters. The molecule has 0 spiro atoms. The van der Waals surface area contributed by atoms with E-state index in [0.717, 1.165) is 32.4 Å². The first-order valence-electron chi connectivity index (χ1n) is 8.34. The fourth-order valence-electron chi connectivity index (χ4n) is 3.58. The molecule has 0 aromatic carbocycles. The highest BCUT2D eigenvalue weighted by Crippen LogP contribution is 2.27. The first-order valence-corrected chi connectivity index (χ1v) is 8.34. The van der Waals surface area contributed by atoms with Gasteiger partial charge in [-0.05, 0) is 57.0 Å². The number of aliphatic carboxylic acids is 1. The van der Waals surface area contributed by atoms with Crippen LogP contribution in [0.2, 0.25) is 0 Å². The third-order valence-electron chi connectivity index (χ3n) is 5.06. The number of piperidine rings is 2. The predicted octanol–water partition coefficient (Wildman–Crippen LogP) is 1.87. The minimum Gasteiger partial charge on any atom is -0.480 e. The Balaban J connectivity index is 1.85. The van der Waals surface area contributed by atoms with Crippen molar-refractivity contribution in [1.82, 2.24) is 10.2 Å². The van der Waals surface area contributed by atoms with E-state index in [1.807, 2.05) is 0 Å². The minimum absolute atomic E-state index is 0.0301. The van der Waals surface area contributed by atoms with Crippen LogP contribution in [0.25, 0.3) is 0 Å². The number of carboxylic acid groups (broad SMARTS) is 1. The number of carbonyl (C=O) groups is 2. The molecule has 2 saturated heterocycles. The van der Waals surface area contributed by atoms with Gasteiger partial charge in [0.15, 0.2) is 0 Å². The van der Waals surface area contributed by atoms with E-state index in [1.165, 1.54) is 12.8 Å². The summed E-state index contributed by atoms with van der Waals surface area (Å²) in [6.45, 7) is 4.78. The molecule has 2 fully saturated rings. The highest BCUT2D eigenvalue weighted by molar-refractivity contribution is 5.83. The molecule has 0 saturated carbocycles. The molecule has 120 valence electrons. The Bertz CT molecular complexity index is 367. The van der Waals surface area contributed by atoms with Crippen molar-refractivity contribution < 1.29 is 14.7 Å². The third-order valence-corrected chi connectivity index (χ3v) is 5.06. The highest BCUT2D eigenvalue weighted by atomic mass is 16.4. The van der Waals surface area contributed by atoms with E-state index in [4.69, 9.17) is 0 Å². The Hall–Kier alpha value is -1.10. The van der Waals surface area contributed by atoms with E-state index < -0.39 is 12.0 Å². The lowest BCUT2D eigenvalue weighted by molar-refractivity contribution is -0.153. The first kappa shape index (κ1) is 16.3. The Morgan fingerprint density at radius 3 is 2.71 bits per heavy atom. The SMILES string of the molecule is CCC1CCN(C(=O)CCC2CCCNC2)C(C(=O)O)C1. The summed E-state index contributed by atoms with van der Waals surface area (Å²) in [5.41, 5.74) is 0. The Morgan fingerprint density at radius 2 is 2.10 bits per heavy atom. The van der Waals surface area contributed by atoms with Crippen molar-refractivity contribution in [2.75, 3.05) is 19.6 Å². The molecule has 0 aromatic rings. The Labute approximate surface area is 127 Å². The summed E-state index contributed by atoms with van der Waals surface area (Å²) in [5.74, 6) is 0.195. The summed E-state index contributed by atoms with van der Waals surface area (Å²) in [7, 11) is 0. The summed E-state index contributed by atoms with van der Waals surface area (Å²) in [4.78, 5) is 25.4. The van der Waals surface area contributed by atoms with E-state index >= 15 is 0 Å². The van der Waals surface area contributed by atoms with E-state index in [1.54, 1.807) is 4.90 Å². The van der Waals surface area contributed by atoms with Crippen molar-refractivity contribution in [2.45, 2.75) is 57.9 Å². The molecule has 0 bridgehead atoms. The number of amides is 1. The third kappa shape index (κ3) is 4.43. The molecule has 2 N–H and O–H groups in total. The predicted molar refractivity (Wildman–Crippen MR) is 81.0 cm³/mol. The van der Waals surface area contributed by atoms with Gasteiger partial charge in [-0.2, -0.15) is 0 Å². The average Bonchev–Trinajstić information content (AvgIpc) is 2.52. The summed E-state index contributed by atoms with van der Waals surface area (Å²) < 4.78 is 0. The van der Waals surface area contributed by atoms with Gasteiger partial charge in [-0.25, -0.2) is 4.79 Å². The van der Waals surface area contributed by atoms with Gasteiger partial charge in [-0.15, -0.1) is 0 Å². The molecule has 5 nitrogen and oxygen atoms in total. The Kier molecular flexibility index (Phi) is 6.03. The van der Waals surface area contributed by atoms with Crippen molar-refractivity contribution in [3.63, 3.8) is 0 Å². The molecule has 2 aliphatic rings. The number of carbonyl (C=O) groups excluding carboxylic acids is 1. The highest BCUT2D eigenvalue weighted by Gasteiger charge is 2.35. The van der Waals surface area contributed by atoms with E-state index in [2.05, 4.69) is 12.2 Å². The van der Waals surface area contributed by atoms with Crippen LogP contribution in [0.1, 0.15) is 51.9 Å². The van der Waals surface area contributed by atoms with Gasteiger partial charge in [0, 0.05) is 13.0 Å². The van der Waals surface area contributed by atoms with Gasteiger partial charge in [-0.3, -0.25) is 4.79 Å². The molecular formula is C16H28N2O3. The number of likely N-dealkylation sites (tertiary alicyclic amines) is 1. The number of carboxylic acids is 1. The molecule has 2 rings (SSSR count). The summed E-state index contributed by atoms with van der Waals surface area (Å²) in [6, 6.07) is -0.610. The summed E-state index contributed by atoms with van der Waals surface area (Å²) >= 11 is 0. The summed E-state index contributed by atoms with van der Waals surface area (Å²) in [5, 5.41) is 12.7. The van der Waals surface area contributed by atoms with Crippen LogP contribution in [-0.4, -0.2) is 47.6 Å². The lowest BCUT2D eigenvalue weighted by Gasteiger charge is -2.37. The molecule has 0 aromatic heterocycles. The standard InChI is InChI=1S/C16H28N2O3/c1-2-12-7-9-18(14(10-12)16(20)21)15(19)6-5-13-4-3-8-17-11-13/h12-14,17H,2-11H2,1H3,(H,20,21). The van der Waals surface area contributed by atoms with Crippen molar-refractivity contribution in [2.24, 2.45) is 11.8 Å². The van der Waals surface area contributed by atoms with Gasteiger partial charge < -0.3 is 15.3 Å². The molecule has 3 atom stereocenters. The van der Waals surface area contributed by atoms with Crippen LogP contribution in [0.3, 0.4) is 0 Å². The fourth-order valence-corrected chi connectivity index (χ4v) is 3.58. The molecule has 5 heteroatoms. The zero-order chi connectivity index (χ0) is 15.2. The van der Waals surface area contributed by atoms with Crippen LogP contribution in [0.5, 0.6) is 0 Å². The van der Waals surface area contributed by atoms with Crippen molar-refractivity contribution in [1.29, 1.82) is 0 Å². The molecular weight excluding hydrogens is 268 g/mol. The van der Waals surface area contributed by atoms with Gasteiger partial charge >= 0.3 is 5.97 Å². The molecule has 0 aliphatic carbocycles. The van der Waals surface area contributed by atoms with E-state index in [-0.39, 0.29) is 5.91 Å². The van der Waals surface area contributed by atoms with Crippen LogP contribution >= 0.6 is 0 Å². The molecule has 0 radical (unpaired) electrons. The van der Waals surface area contributed by atoms with Gasteiger partial charge in [0.25, 0.3) is 0 Å². The van der Waals surface area contributed by atoms with Gasteiger partial charge in [0.05, 0.1) is 0 Å². The van der Waals surface area contributed by atoms with Crippen molar-refractivity contribution in [3.8, 4) is 0 Å². The Morgan fingerprint density at radius 1 is 1.29 bits per heavy atom. The number of nitrogens with zero attached hydrogens (tertiary/aromatic N) is 1. The van der Waals surface area contributed by atoms with Crippen LogP contribution in [0, 0.1) is 11.8 Å². The maximum Gasteiger partial charge on any atom is 0.326 e.